The number of hydrogen-bond donors (Lipinski definition) is 0. The molecule has 0 saturated carbocycles. The van der Waals surface area contributed by atoms with Crippen LogP contribution >= 0.6 is 0 Å². The van der Waals surface area contributed by atoms with Crippen molar-refractivity contribution in [2.45, 2.75) is 4.90 Å². The van der Waals surface area contributed by atoms with Crippen LogP contribution in [0.1, 0.15) is 0 Å². The monoisotopic (exact) mass is 337 g/mol. The second kappa shape index (κ2) is 6.53. The minimum atomic E-state index is -3.59. The fraction of sp³-hybridized carbons (Fsp3) is 0.111. The molecule has 0 spiro atoms. The van der Waals surface area contributed by atoms with Crippen molar-refractivity contribution < 1.29 is 48.2 Å². The molecular formula is C9H10LaO3S. The molecule has 1 aromatic rings. The summed E-state index contributed by atoms with van der Waals surface area (Å²) >= 11 is 0. The van der Waals surface area contributed by atoms with Gasteiger partial charge in [0.05, 0.1) is 11.5 Å². The Hall–Kier alpha value is 0.0648. The predicted molar refractivity (Wildman–Crippen MR) is 49.8 cm³/mol. The molecule has 0 amide bonds. The average molecular weight is 337 g/mol. The Morgan fingerprint density at radius 2 is 1.86 bits per heavy atom. The maximum absolute atomic E-state index is 11.3. The van der Waals surface area contributed by atoms with Gasteiger partial charge in [-0.25, -0.2) is 0 Å². The molecule has 0 bridgehead atoms. The van der Waals surface area contributed by atoms with Gasteiger partial charge in [-0.2, -0.15) is 8.42 Å². The maximum atomic E-state index is 11.3. The standard InChI is InChI=1S/C9H10O3S.La/c1-2-8-12-13(10,11)9-6-4-3-5-7-9;/h2-7H,1,8H2;. The van der Waals surface area contributed by atoms with E-state index < -0.39 is 10.1 Å². The molecule has 73 valence electrons. The van der Waals surface area contributed by atoms with Crippen LogP contribution in [-0.4, -0.2) is 15.0 Å². The molecule has 0 aliphatic heterocycles. The Kier molecular flexibility index (Phi) is 6.56. The largest absolute Gasteiger partial charge is 0.297 e. The Morgan fingerprint density at radius 1 is 1.29 bits per heavy atom. The summed E-state index contributed by atoms with van der Waals surface area (Å²) in [6, 6.07) is 8.00. The van der Waals surface area contributed by atoms with E-state index in [1.54, 1.807) is 18.2 Å². The van der Waals surface area contributed by atoms with E-state index in [0.717, 1.165) is 0 Å². The Morgan fingerprint density at radius 3 is 2.36 bits per heavy atom. The summed E-state index contributed by atoms with van der Waals surface area (Å²) in [5.41, 5.74) is 0. The molecule has 0 N–H and O–H groups in total. The molecule has 0 atom stereocenters. The Bertz CT molecular complexity index is 372. The Labute approximate surface area is 112 Å². The molecule has 0 aliphatic rings. The van der Waals surface area contributed by atoms with Crippen LogP contribution in [0.5, 0.6) is 0 Å². The van der Waals surface area contributed by atoms with Crippen LogP contribution in [-0.2, 0) is 14.3 Å². The van der Waals surface area contributed by atoms with Gasteiger partial charge in [0.2, 0.25) is 0 Å². The fourth-order valence-corrected chi connectivity index (χ4v) is 1.69. The van der Waals surface area contributed by atoms with Crippen LogP contribution in [0.25, 0.3) is 0 Å². The van der Waals surface area contributed by atoms with Gasteiger partial charge in [-0.05, 0) is 12.1 Å². The molecule has 1 rings (SSSR count). The van der Waals surface area contributed by atoms with Crippen molar-refractivity contribution >= 4 is 10.1 Å². The van der Waals surface area contributed by atoms with E-state index in [2.05, 4.69) is 10.8 Å². The van der Waals surface area contributed by atoms with Gasteiger partial charge in [-0.3, -0.25) is 4.18 Å². The van der Waals surface area contributed by atoms with Crippen LogP contribution in [0.3, 0.4) is 0 Å². The molecule has 5 heteroatoms. The summed E-state index contributed by atoms with van der Waals surface area (Å²) < 4.78 is 27.3. The van der Waals surface area contributed by atoms with Crippen LogP contribution in [0.4, 0.5) is 0 Å². The molecule has 3 nitrogen and oxygen atoms in total. The van der Waals surface area contributed by atoms with Crippen molar-refractivity contribution in [1.82, 2.24) is 0 Å². The SMILES string of the molecule is C=CCOS(=O)(=O)c1ccccc1.[La]. The first kappa shape index (κ1) is 14.1. The van der Waals surface area contributed by atoms with Crippen LogP contribution in [0, 0.1) is 35.6 Å². The Balaban J connectivity index is 0.00000169. The molecule has 1 radical (unpaired) electrons. The van der Waals surface area contributed by atoms with Gasteiger partial charge in [-0.1, -0.05) is 24.3 Å². The van der Waals surface area contributed by atoms with E-state index in [1.807, 2.05) is 0 Å². The summed E-state index contributed by atoms with van der Waals surface area (Å²) in [6.07, 6.45) is 1.39. The molecule has 14 heavy (non-hydrogen) atoms. The predicted octanol–water partition coefficient (Wildman–Crippen LogP) is 1.58. The van der Waals surface area contributed by atoms with E-state index in [-0.39, 0.29) is 47.1 Å². The summed E-state index contributed by atoms with van der Waals surface area (Å²) in [6.45, 7) is 3.37. The molecule has 0 saturated heterocycles. The van der Waals surface area contributed by atoms with Gasteiger partial charge in [0.25, 0.3) is 10.1 Å². The van der Waals surface area contributed by atoms with Gasteiger partial charge in [0.1, 0.15) is 0 Å². The van der Waals surface area contributed by atoms with Gasteiger partial charge in [0.15, 0.2) is 0 Å². The third-order valence-electron chi connectivity index (χ3n) is 1.37. The van der Waals surface area contributed by atoms with Crippen molar-refractivity contribution in [3.63, 3.8) is 0 Å². The van der Waals surface area contributed by atoms with Crippen LogP contribution in [0.2, 0.25) is 0 Å². The second-order valence-corrected chi connectivity index (χ2v) is 3.96. The van der Waals surface area contributed by atoms with E-state index in [9.17, 15) is 8.42 Å². The fourth-order valence-electron chi connectivity index (χ4n) is 0.793. The van der Waals surface area contributed by atoms with Gasteiger partial charge >= 0.3 is 0 Å². The normalized spacial score (nSPS) is 10.3. The topological polar surface area (TPSA) is 43.4 Å². The summed E-state index contributed by atoms with van der Waals surface area (Å²) in [4.78, 5) is 0.164. The third-order valence-corrected chi connectivity index (χ3v) is 2.67. The number of rotatable bonds is 4. The van der Waals surface area contributed by atoms with Crippen molar-refractivity contribution in [1.29, 1.82) is 0 Å². The molecule has 0 unspecified atom stereocenters. The number of hydrogen-bond acceptors (Lipinski definition) is 3. The zero-order chi connectivity index (χ0) is 9.73. The molecule has 0 fully saturated rings. The van der Waals surface area contributed by atoms with E-state index >= 15 is 0 Å². The maximum Gasteiger partial charge on any atom is 0.297 e. The summed E-state index contributed by atoms with van der Waals surface area (Å²) in [5, 5.41) is 0. The molecule has 0 aliphatic carbocycles. The molecule has 0 heterocycles. The quantitative estimate of drug-likeness (QED) is 0.619. The minimum absolute atomic E-state index is 0. The van der Waals surface area contributed by atoms with Crippen molar-refractivity contribution in [2.24, 2.45) is 0 Å². The summed E-state index contributed by atoms with van der Waals surface area (Å²) in [5.74, 6) is 0. The van der Waals surface area contributed by atoms with Gasteiger partial charge in [-0.15, -0.1) is 6.58 Å². The first-order chi connectivity index (χ1) is 6.17. The van der Waals surface area contributed by atoms with Crippen molar-refractivity contribution in [3.05, 3.63) is 43.0 Å². The first-order valence-corrected chi connectivity index (χ1v) is 5.13. The smallest absolute Gasteiger partial charge is 0.262 e. The van der Waals surface area contributed by atoms with Crippen molar-refractivity contribution in [3.8, 4) is 0 Å². The summed E-state index contributed by atoms with van der Waals surface area (Å²) in [7, 11) is -3.59. The second-order valence-electron chi connectivity index (χ2n) is 2.34. The van der Waals surface area contributed by atoms with Gasteiger partial charge in [0, 0.05) is 35.6 Å². The molecular weight excluding hydrogens is 327 g/mol. The van der Waals surface area contributed by atoms with Crippen molar-refractivity contribution in [2.75, 3.05) is 6.61 Å². The average Bonchev–Trinajstić information content (AvgIpc) is 2.16. The third kappa shape index (κ3) is 4.06. The van der Waals surface area contributed by atoms with E-state index in [0.29, 0.717) is 0 Å². The molecule has 0 aromatic heterocycles. The van der Waals surface area contributed by atoms with Gasteiger partial charge < -0.3 is 0 Å². The zero-order valence-electron chi connectivity index (χ0n) is 7.59. The zero-order valence-corrected chi connectivity index (χ0v) is 12.0. The van der Waals surface area contributed by atoms with Crippen LogP contribution in [0.15, 0.2) is 47.9 Å². The first-order valence-electron chi connectivity index (χ1n) is 3.72. The number of benzene rings is 1. The van der Waals surface area contributed by atoms with E-state index in [4.69, 9.17) is 0 Å². The van der Waals surface area contributed by atoms with Crippen LogP contribution < -0.4 is 0 Å². The van der Waals surface area contributed by atoms with E-state index in [1.165, 1.54) is 18.2 Å². The molecule has 1 aromatic carbocycles. The minimum Gasteiger partial charge on any atom is -0.262 e.